The van der Waals surface area contributed by atoms with E-state index in [-0.39, 0.29) is 5.78 Å². The molecule has 7 aromatic rings. The average molecular weight is 463 g/mol. The summed E-state index contributed by atoms with van der Waals surface area (Å²) in [6.45, 7) is 0. The third kappa shape index (κ3) is 3.18. The van der Waals surface area contributed by atoms with Crippen LogP contribution in [-0.4, -0.2) is 14.9 Å². The Morgan fingerprint density at radius 2 is 1.19 bits per heavy atom. The highest BCUT2D eigenvalue weighted by Crippen LogP contribution is 2.36. The van der Waals surface area contributed by atoms with Crippen LogP contribution >= 0.6 is 0 Å². The van der Waals surface area contributed by atoms with Crippen LogP contribution in [0.2, 0.25) is 0 Å². The first-order valence-corrected chi connectivity index (χ1v) is 12.1. The zero-order valence-electron chi connectivity index (χ0n) is 19.5. The van der Waals surface area contributed by atoms with Crippen molar-refractivity contribution in [3.63, 3.8) is 0 Å². The van der Waals surface area contributed by atoms with E-state index < -0.39 is 0 Å². The SMILES string of the molecule is O=C(c1ccccc1)c1cccc(-n2c3ccccc3c3cc4ccn(-c5ccccc5)c4cc32)c1. The van der Waals surface area contributed by atoms with Crippen LogP contribution in [-0.2, 0) is 0 Å². The molecule has 0 N–H and O–H groups in total. The summed E-state index contributed by atoms with van der Waals surface area (Å²) in [7, 11) is 0. The number of carbonyl (C=O) groups excluding carboxylic acids is 1. The molecule has 2 aromatic heterocycles. The predicted octanol–water partition coefficient (Wildman–Crippen LogP) is 7.96. The van der Waals surface area contributed by atoms with Gasteiger partial charge >= 0.3 is 0 Å². The van der Waals surface area contributed by atoms with Crippen molar-refractivity contribution in [1.29, 1.82) is 0 Å². The standard InChI is InChI=1S/C33H22N2O/c36-33(23-10-3-1-4-11-23)25-12-9-15-27(20-25)35-30-17-8-7-16-28(30)29-21-24-18-19-34(31(24)22-32(29)35)26-13-5-2-6-14-26/h1-22H. The van der Waals surface area contributed by atoms with E-state index in [1.807, 2.05) is 54.6 Å². The molecular formula is C33H22N2O. The Kier molecular flexibility index (Phi) is 4.61. The highest BCUT2D eigenvalue weighted by atomic mass is 16.1. The summed E-state index contributed by atoms with van der Waals surface area (Å²) in [5, 5.41) is 3.59. The van der Waals surface area contributed by atoms with E-state index in [0.717, 1.165) is 27.9 Å². The highest BCUT2D eigenvalue weighted by Gasteiger charge is 2.16. The molecule has 0 aliphatic carbocycles. The van der Waals surface area contributed by atoms with E-state index in [4.69, 9.17) is 0 Å². The Morgan fingerprint density at radius 1 is 0.500 bits per heavy atom. The summed E-state index contributed by atoms with van der Waals surface area (Å²) in [5.74, 6) is 0.0264. The summed E-state index contributed by atoms with van der Waals surface area (Å²) in [6.07, 6.45) is 2.13. The second-order valence-corrected chi connectivity index (χ2v) is 9.05. The van der Waals surface area contributed by atoms with Crippen LogP contribution in [0.15, 0.2) is 134 Å². The minimum atomic E-state index is 0.0264. The number of hydrogen-bond donors (Lipinski definition) is 0. The fourth-order valence-corrected chi connectivity index (χ4v) is 5.23. The molecule has 0 atom stereocenters. The first-order chi connectivity index (χ1) is 17.8. The molecule has 0 aliphatic rings. The number of carbonyl (C=O) groups is 1. The monoisotopic (exact) mass is 462 g/mol. The van der Waals surface area contributed by atoms with Gasteiger partial charge in [0, 0.05) is 44.9 Å². The number of hydrogen-bond acceptors (Lipinski definition) is 1. The molecule has 36 heavy (non-hydrogen) atoms. The van der Waals surface area contributed by atoms with Crippen molar-refractivity contribution in [2.45, 2.75) is 0 Å². The molecule has 3 nitrogen and oxygen atoms in total. The topological polar surface area (TPSA) is 26.9 Å². The van der Waals surface area contributed by atoms with Gasteiger partial charge in [-0.05, 0) is 48.5 Å². The Labute approximate surface area is 208 Å². The molecular weight excluding hydrogens is 440 g/mol. The van der Waals surface area contributed by atoms with Crippen LogP contribution in [0.1, 0.15) is 15.9 Å². The predicted molar refractivity (Wildman–Crippen MR) is 147 cm³/mol. The van der Waals surface area contributed by atoms with Gasteiger partial charge in [-0.3, -0.25) is 4.79 Å². The number of nitrogens with zero attached hydrogens (tertiary/aromatic N) is 2. The molecule has 2 heterocycles. The van der Waals surface area contributed by atoms with Gasteiger partial charge in [-0.1, -0.05) is 78.9 Å². The minimum Gasteiger partial charge on any atom is -0.316 e. The zero-order chi connectivity index (χ0) is 24.1. The van der Waals surface area contributed by atoms with Crippen LogP contribution in [0.5, 0.6) is 0 Å². The fourth-order valence-electron chi connectivity index (χ4n) is 5.23. The molecule has 0 amide bonds. The maximum atomic E-state index is 13.2. The van der Waals surface area contributed by atoms with E-state index in [1.54, 1.807) is 0 Å². The minimum absolute atomic E-state index is 0.0264. The van der Waals surface area contributed by atoms with Gasteiger partial charge in [0.1, 0.15) is 0 Å². The molecule has 0 unspecified atom stereocenters. The normalized spacial score (nSPS) is 11.4. The number of aromatic nitrogens is 2. The van der Waals surface area contributed by atoms with Crippen molar-refractivity contribution in [2.75, 3.05) is 0 Å². The third-order valence-corrected chi connectivity index (χ3v) is 6.92. The van der Waals surface area contributed by atoms with E-state index in [1.165, 1.54) is 16.2 Å². The lowest BCUT2D eigenvalue weighted by molar-refractivity contribution is 0.103. The van der Waals surface area contributed by atoms with Crippen LogP contribution in [0.4, 0.5) is 0 Å². The smallest absolute Gasteiger partial charge is 0.193 e. The number of rotatable bonds is 4. The summed E-state index contributed by atoms with van der Waals surface area (Å²) < 4.78 is 4.50. The largest absolute Gasteiger partial charge is 0.316 e. The molecule has 5 aromatic carbocycles. The Morgan fingerprint density at radius 3 is 2.03 bits per heavy atom. The van der Waals surface area contributed by atoms with Gasteiger partial charge in [0.25, 0.3) is 0 Å². The summed E-state index contributed by atoms with van der Waals surface area (Å²) in [4.78, 5) is 13.2. The first kappa shape index (κ1) is 20.5. The molecule has 7 rings (SSSR count). The van der Waals surface area contributed by atoms with Crippen molar-refractivity contribution in [2.24, 2.45) is 0 Å². The van der Waals surface area contributed by atoms with Crippen molar-refractivity contribution in [1.82, 2.24) is 9.13 Å². The highest BCUT2D eigenvalue weighted by molar-refractivity contribution is 6.14. The summed E-state index contributed by atoms with van der Waals surface area (Å²) in [6, 6.07) is 43.0. The Bertz CT molecular complexity index is 1890. The molecule has 0 spiro atoms. The maximum absolute atomic E-state index is 13.2. The molecule has 0 aliphatic heterocycles. The van der Waals surface area contributed by atoms with Crippen molar-refractivity contribution in [3.05, 3.63) is 145 Å². The van der Waals surface area contributed by atoms with E-state index in [9.17, 15) is 4.79 Å². The van der Waals surface area contributed by atoms with Gasteiger partial charge in [-0.2, -0.15) is 0 Å². The maximum Gasteiger partial charge on any atom is 0.193 e. The fraction of sp³-hybridized carbons (Fsp3) is 0. The Hall–Kier alpha value is -4.89. The van der Waals surface area contributed by atoms with Crippen molar-refractivity contribution in [3.8, 4) is 11.4 Å². The quantitative estimate of drug-likeness (QED) is 0.244. The molecule has 0 bridgehead atoms. The van der Waals surface area contributed by atoms with Crippen molar-refractivity contribution >= 4 is 38.5 Å². The second-order valence-electron chi connectivity index (χ2n) is 9.05. The number of para-hydroxylation sites is 2. The first-order valence-electron chi connectivity index (χ1n) is 12.1. The van der Waals surface area contributed by atoms with Crippen molar-refractivity contribution < 1.29 is 4.79 Å². The van der Waals surface area contributed by atoms with Crippen LogP contribution in [0.25, 0.3) is 44.1 Å². The van der Waals surface area contributed by atoms with E-state index in [0.29, 0.717) is 11.1 Å². The van der Waals surface area contributed by atoms with E-state index in [2.05, 4.69) is 88.1 Å². The van der Waals surface area contributed by atoms with Crippen LogP contribution in [0, 0.1) is 0 Å². The van der Waals surface area contributed by atoms with Gasteiger partial charge < -0.3 is 9.13 Å². The average Bonchev–Trinajstić information content (AvgIpc) is 3.51. The van der Waals surface area contributed by atoms with Crippen LogP contribution < -0.4 is 0 Å². The molecule has 3 heteroatoms. The number of ketones is 1. The number of benzene rings is 5. The summed E-state index contributed by atoms with van der Waals surface area (Å²) >= 11 is 0. The Balaban J connectivity index is 1.48. The van der Waals surface area contributed by atoms with Gasteiger partial charge in [0.2, 0.25) is 0 Å². The molecule has 0 saturated heterocycles. The number of fused-ring (bicyclic) bond motifs is 4. The molecule has 0 radical (unpaired) electrons. The van der Waals surface area contributed by atoms with Gasteiger partial charge in [-0.25, -0.2) is 0 Å². The van der Waals surface area contributed by atoms with Gasteiger partial charge in [0.15, 0.2) is 5.78 Å². The third-order valence-electron chi connectivity index (χ3n) is 6.92. The lowest BCUT2D eigenvalue weighted by Gasteiger charge is -2.11. The van der Waals surface area contributed by atoms with Crippen LogP contribution in [0.3, 0.4) is 0 Å². The second kappa shape index (κ2) is 8.10. The lowest BCUT2D eigenvalue weighted by Crippen LogP contribution is -2.03. The molecule has 170 valence electrons. The van der Waals surface area contributed by atoms with Gasteiger partial charge in [-0.15, -0.1) is 0 Å². The van der Waals surface area contributed by atoms with Gasteiger partial charge in [0.05, 0.1) is 16.6 Å². The van der Waals surface area contributed by atoms with E-state index >= 15 is 0 Å². The lowest BCUT2D eigenvalue weighted by atomic mass is 10.0. The zero-order valence-corrected chi connectivity index (χ0v) is 19.5. The summed E-state index contributed by atoms with van der Waals surface area (Å²) in [5.41, 5.74) is 6.86. The molecule has 0 saturated carbocycles. The molecule has 0 fully saturated rings.